The van der Waals surface area contributed by atoms with Crippen molar-refractivity contribution < 1.29 is 0 Å². The number of allylic oxidation sites excluding steroid dienone is 7. The number of hydrogen-bond donors (Lipinski definition) is 0. The van der Waals surface area contributed by atoms with Gasteiger partial charge >= 0.3 is 0 Å². The van der Waals surface area contributed by atoms with Gasteiger partial charge in [0.25, 0.3) is 0 Å². The molecule has 1 aromatic carbocycles. The van der Waals surface area contributed by atoms with E-state index in [1.165, 1.54) is 26.5 Å². The number of thioether (sulfide) groups is 1. The molecular formula is C25H34S. The van der Waals surface area contributed by atoms with Crippen LogP contribution in [0.15, 0.2) is 88.2 Å². The van der Waals surface area contributed by atoms with Crippen LogP contribution >= 0.6 is 11.8 Å². The van der Waals surface area contributed by atoms with Crippen LogP contribution in [0.2, 0.25) is 0 Å². The average molecular weight is 367 g/mol. The van der Waals surface area contributed by atoms with Crippen LogP contribution in [-0.4, -0.2) is 0 Å². The van der Waals surface area contributed by atoms with Crippen LogP contribution in [0.3, 0.4) is 0 Å². The summed E-state index contributed by atoms with van der Waals surface area (Å²) in [7, 11) is 0. The van der Waals surface area contributed by atoms with Gasteiger partial charge < -0.3 is 0 Å². The van der Waals surface area contributed by atoms with Crippen molar-refractivity contribution >= 4 is 11.8 Å². The predicted octanol–water partition coefficient (Wildman–Crippen LogP) is 8.25. The fourth-order valence-electron chi connectivity index (χ4n) is 2.90. The predicted molar refractivity (Wildman–Crippen MR) is 121 cm³/mol. The maximum Gasteiger partial charge on any atom is 0.0374 e. The Balaban J connectivity index is 3.41. The Kier molecular flexibility index (Phi) is 8.43. The zero-order valence-electron chi connectivity index (χ0n) is 17.5. The van der Waals surface area contributed by atoms with Crippen LogP contribution in [0.4, 0.5) is 0 Å². The van der Waals surface area contributed by atoms with E-state index in [2.05, 4.69) is 97.2 Å². The summed E-state index contributed by atoms with van der Waals surface area (Å²) in [6.07, 6.45) is 8.64. The van der Waals surface area contributed by atoms with Crippen LogP contribution in [0.1, 0.15) is 54.0 Å². The van der Waals surface area contributed by atoms with Crippen molar-refractivity contribution in [3.63, 3.8) is 0 Å². The van der Waals surface area contributed by atoms with E-state index in [4.69, 9.17) is 0 Å². The van der Waals surface area contributed by atoms with E-state index in [0.29, 0.717) is 5.92 Å². The van der Waals surface area contributed by atoms with E-state index in [-0.39, 0.29) is 5.41 Å². The molecule has 1 atom stereocenters. The van der Waals surface area contributed by atoms with Gasteiger partial charge in [-0.15, -0.1) is 0 Å². The van der Waals surface area contributed by atoms with Gasteiger partial charge in [-0.3, -0.25) is 0 Å². The molecule has 0 bridgehead atoms. The van der Waals surface area contributed by atoms with Crippen molar-refractivity contribution in [2.45, 2.75) is 58.8 Å². The van der Waals surface area contributed by atoms with Crippen LogP contribution in [0.5, 0.6) is 0 Å². The summed E-state index contributed by atoms with van der Waals surface area (Å²) in [4.78, 5) is 2.40. The van der Waals surface area contributed by atoms with Gasteiger partial charge in [0.15, 0.2) is 0 Å². The van der Waals surface area contributed by atoms with Crippen molar-refractivity contribution in [3.05, 3.63) is 88.9 Å². The Morgan fingerprint density at radius 1 is 1.12 bits per heavy atom. The molecule has 0 heterocycles. The first kappa shape index (κ1) is 22.3. The first-order chi connectivity index (χ1) is 12.1. The van der Waals surface area contributed by atoms with Gasteiger partial charge in [-0.05, 0) is 63.8 Å². The summed E-state index contributed by atoms with van der Waals surface area (Å²) < 4.78 is 0. The molecule has 0 radical (unpaired) electrons. The molecule has 0 spiro atoms. The zero-order valence-corrected chi connectivity index (χ0v) is 18.3. The summed E-state index contributed by atoms with van der Waals surface area (Å²) >= 11 is 1.74. The average Bonchev–Trinajstić information content (AvgIpc) is 2.57. The molecular weight excluding hydrogens is 332 g/mol. The molecule has 0 saturated carbocycles. The molecule has 1 rings (SSSR count). The lowest BCUT2D eigenvalue weighted by atomic mass is 9.70. The maximum atomic E-state index is 4.34. The minimum atomic E-state index is -0.202. The minimum Gasteiger partial charge on any atom is -0.0989 e. The molecule has 0 amide bonds. The number of benzene rings is 1. The van der Waals surface area contributed by atoms with Gasteiger partial charge in [0.05, 0.1) is 0 Å². The van der Waals surface area contributed by atoms with E-state index in [1.54, 1.807) is 11.8 Å². The highest BCUT2D eigenvalue weighted by Gasteiger charge is 2.31. The molecule has 0 fully saturated rings. The second-order valence-electron chi connectivity index (χ2n) is 7.51. The molecule has 0 aromatic heterocycles. The molecule has 0 saturated heterocycles. The quantitative estimate of drug-likeness (QED) is 0.253. The summed E-state index contributed by atoms with van der Waals surface area (Å²) in [6.45, 7) is 23.4. The number of hydrogen-bond acceptors (Lipinski definition) is 1. The summed E-state index contributed by atoms with van der Waals surface area (Å²) in [5.41, 5.74) is 4.86. The first-order valence-electron chi connectivity index (χ1n) is 9.25. The third-order valence-corrected chi connectivity index (χ3v) is 5.69. The fraction of sp³-hybridized carbons (Fsp3) is 0.360. The SMILES string of the molecule is C=C/C(=C\C)Sc1ccc(C(C)(C(=C)C)/C(C=C(C)C)=C/C(C)C)cc1. The van der Waals surface area contributed by atoms with Crippen molar-refractivity contribution in [1.82, 2.24) is 0 Å². The molecule has 1 heteroatoms. The fourth-order valence-corrected chi connectivity index (χ4v) is 3.65. The monoisotopic (exact) mass is 366 g/mol. The topological polar surface area (TPSA) is 0 Å². The highest BCUT2D eigenvalue weighted by molar-refractivity contribution is 8.03. The van der Waals surface area contributed by atoms with Crippen molar-refractivity contribution in [2.24, 2.45) is 5.92 Å². The van der Waals surface area contributed by atoms with Crippen molar-refractivity contribution in [2.75, 3.05) is 0 Å². The van der Waals surface area contributed by atoms with Gasteiger partial charge in [-0.25, -0.2) is 0 Å². The highest BCUT2D eigenvalue weighted by Crippen LogP contribution is 2.41. The molecule has 0 N–H and O–H groups in total. The molecule has 0 aliphatic heterocycles. The third kappa shape index (κ3) is 5.64. The lowest BCUT2D eigenvalue weighted by Crippen LogP contribution is -2.26. The van der Waals surface area contributed by atoms with E-state index in [0.717, 1.165) is 5.57 Å². The summed E-state index contributed by atoms with van der Waals surface area (Å²) in [5, 5.41) is 0. The second kappa shape index (κ2) is 9.83. The van der Waals surface area contributed by atoms with Crippen LogP contribution < -0.4 is 0 Å². The van der Waals surface area contributed by atoms with Crippen LogP contribution in [0.25, 0.3) is 0 Å². The normalized spacial score (nSPS) is 14.8. The maximum absolute atomic E-state index is 4.34. The Hall–Kier alpha value is -1.73. The Morgan fingerprint density at radius 3 is 2.08 bits per heavy atom. The van der Waals surface area contributed by atoms with E-state index in [1.807, 2.05) is 13.0 Å². The van der Waals surface area contributed by atoms with Gasteiger partial charge in [0, 0.05) is 15.2 Å². The molecule has 26 heavy (non-hydrogen) atoms. The van der Waals surface area contributed by atoms with Gasteiger partial charge in [0.1, 0.15) is 0 Å². The molecule has 0 nitrogen and oxygen atoms in total. The lowest BCUT2D eigenvalue weighted by molar-refractivity contribution is 0.658. The van der Waals surface area contributed by atoms with Gasteiger partial charge in [-0.2, -0.15) is 0 Å². The molecule has 0 aliphatic rings. The molecule has 1 unspecified atom stereocenters. The standard InChI is InChI=1S/C25H34S/c1-10-23(11-2)26-24-14-12-21(13-15-24)25(9,20(7)8)22(16-18(3)4)17-19(5)6/h10-18H,1,7H2,2-6,8-9H3/b22-16+,23-11+. The van der Waals surface area contributed by atoms with Crippen LogP contribution in [-0.2, 0) is 5.41 Å². The minimum absolute atomic E-state index is 0.202. The van der Waals surface area contributed by atoms with Gasteiger partial charge in [0.2, 0.25) is 0 Å². The lowest BCUT2D eigenvalue weighted by Gasteiger charge is -2.34. The zero-order chi connectivity index (χ0) is 19.9. The summed E-state index contributed by atoms with van der Waals surface area (Å²) in [6, 6.07) is 8.87. The Bertz CT molecular complexity index is 722. The Morgan fingerprint density at radius 2 is 1.69 bits per heavy atom. The molecule has 140 valence electrons. The number of rotatable bonds is 8. The molecule has 1 aromatic rings. The van der Waals surface area contributed by atoms with Crippen molar-refractivity contribution in [1.29, 1.82) is 0 Å². The highest BCUT2D eigenvalue weighted by atomic mass is 32.2. The first-order valence-corrected chi connectivity index (χ1v) is 10.1. The van der Waals surface area contributed by atoms with E-state index < -0.39 is 0 Å². The second-order valence-corrected chi connectivity index (χ2v) is 8.66. The van der Waals surface area contributed by atoms with Crippen LogP contribution in [0, 0.1) is 5.92 Å². The Labute approximate surface area is 165 Å². The summed E-state index contributed by atoms with van der Waals surface area (Å²) in [5.74, 6) is 0.485. The van der Waals surface area contributed by atoms with E-state index in [9.17, 15) is 0 Å². The largest absolute Gasteiger partial charge is 0.0989 e. The third-order valence-electron chi connectivity index (χ3n) is 4.54. The van der Waals surface area contributed by atoms with Gasteiger partial charge in [-0.1, -0.05) is 86.4 Å². The van der Waals surface area contributed by atoms with E-state index >= 15 is 0 Å². The smallest absolute Gasteiger partial charge is 0.0374 e. The molecule has 0 aliphatic carbocycles. The van der Waals surface area contributed by atoms with Crippen molar-refractivity contribution in [3.8, 4) is 0 Å².